The highest BCUT2D eigenvalue weighted by Gasteiger charge is 2.32. The van der Waals surface area contributed by atoms with Gasteiger partial charge in [0.1, 0.15) is 11.5 Å². The Balaban J connectivity index is 1.26. The van der Waals surface area contributed by atoms with E-state index in [4.69, 9.17) is 9.47 Å². The molecular weight excluding hydrogens is 616 g/mol. The zero-order valence-electron chi connectivity index (χ0n) is 24.5. The molecule has 0 aliphatic carbocycles. The highest BCUT2D eigenvalue weighted by molar-refractivity contribution is 6.17. The summed E-state index contributed by atoms with van der Waals surface area (Å²) in [7, 11) is 0. The second-order valence-corrected chi connectivity index (χ2v) is 11.0. The van der Waals surface area contributed by atoms with Crippen LogP contribution in [0.1, 0.15) is 62.1 Å². The topological polar surface area (TPSA) is 139 Å². The Morgan fingerprint density at radius 3 is 1.27 bits per heavy atom. The third-order valence-corrected chi connectivity index (χ3v) is 8.20. The Bertz CT molecular complexity index is 2300. The lowest BCUT2D eigenvalue weighted by molar-refractivity contribution is 0.0425. The summed E-state index contributed by atoms with van der Waals surface area (Å²) in [6, 6.07) is 29.5. The van der Waals surface area contributed by atoms with Crippen LogP contribution in [0.4, 0.5) is 0 Å². The van der Waals surface area contributed by atoms with Gasteiger partial charge in [0.15, 0.2) is 0 Å². The van der Waals surface area contributed by atoms with Crippen LogP contribution in [0, 0.1) is 0 Å². The Kier molecular flexibility index (Phi) is 6.45. The summed E-state index contributed by atoms with van der Waals surface area (Å²) in [5.74, 6) is -4.65. The molecular formula is C38H18O10. The lowest BCUT2D eigenvalue weighted by Gasteiger charge is -2.19. The van der Waals surface area contributed by atoms with E-state index >= 15 is 0 Å². The van der Waals surface area contributed by atoms with Crippen molar-refractivity contribution in [3.8, 4) is 22.6 Å². The maximum atomic E-state index is 13.6. The first-order chi connectivity index (χ1) is 23.3. The molecule has 0 N–H and O–H groups in total. The number of esters is 6. The van der Waals surface area contributed by atoms with Crippen LogP contribution in [-0.2, 0) is 9.47 Å². The molecule has 230 valence electrons. The molecule has 0 bridgehead atoms. The third kappa shape index (κ3) is 4.59. The first kappa shape index (κ1) is 28.5. The van der Waals surface area contributed by atoms with Crippen LogP contribution in [0.25, 0.3) is 32.7 Å². The maximum Gasteiger partial charge on any atom is 0.346 e. The molecule has 0 saturated carbocycles. The summed E-state index contributed by atoms with van der Waals surface area (Å²) >= 11 is 0. The minimum absolute atomic E-state index is 0.0118. The molecule has 0 unspecified atom stereocenters. The fourth-order valence-corrected chi connectivity index (χ4v) is 5.93. The Labute approximate surface area is 270 Å². The largest absolute Gasteiger partial charge is 0.422 e. The van der Waals surface area contributed by atoms with E-state index in [0.29, 0.717) is 21.9 Å². The van der Waals surface area contributed by atoms with Gasteiger partial charge >= 0.3 is 35.8 Å². The number of rotatable bonds is 5. The number of benzene rings is 6. The summed E-state index contributed by atoms with van der Waals surface area (Å²) in [6.07, 6.45) is 0. The molecule has 0 saturated heterocycles. The molecule has 0 fully saturated rings. The van der Waals surface area contributed by atoms with Gasteiger partial charge in [-0.2, -0.15) is 0 Å². The Morgan fingerprint density at radius 1 is 0.438 bits per heavy atom. The number of cyclic esters (lactones) is 4. The van der Waals surface area contributed by atoms with Gasteiger partial charge in [0.25, 0.3) is 0 Å². The lowest BCUT2D eigenvalue weighted by Crippen LogP contribution is -2.12. The van der Waals surface area contributed by atoms with Crippen molar-refractivity contribution in [1.82, 2.24) is 0 Å². The average Bonchev–Trinajstić information content (AvgIpc) is 3.56. The molecule has 0 aromatic heterocycles. The van der Waals surface area contributed by atoms with Crippen LogP contribution in [-0.4, -0.2) is 35.8 Å². The number of carbonyl (C=O) groups excluding carboxylic acids is 6. The van der Waals surface area contributed by atoms with Crippen molar-refractivity contribution in [2.75, 3.05) is 0 Å². The van der Waals surface area contributed by atoms with Gasteiger partial charge in [-0.15, -0.1) is 0 Å². The predicted octanol–water partition coefficient (Wildman–Crippen LogP) is 6.72. The second-order valence-electron chi connectivity index (χ2n) is 11.0. The molecule has 10 nitrogen and oxygen atoms in total. The number of carbonyl (C=O) groups is 6. The van der Waals surface area contributed by atoms with Crippen LogP contribution < -0.4 is 9.47 Å². The summed E-state index contributed by atoms with van der Waals surface area (Å²) in [4.78, 5) is 75.3. The number of fused-ring (bicyclic) bond motifs is 4. The fraction of sp³-hybridized carbons (Fsp3) is 0. The highest BCUT2D eigenvalue weighted by Crippen LogP contribution is 2.46. The monoisotopic (exact) mass is 634 g/mol. The minimum Gasteiger partial charge on any atom is -0.422 e. The summed E-state index contributed by atoms with van der Waals surface area (Å²) < 4.78 is 21.3. The molecule has 6 aromatic carbocycles. The van der Waals surface area contributed by atoms with Crippen LogP contribution >= 0.6 is 0 Å². The average molecular weight is 635 g/mol. The summed E-state index contributed by atoms with van der Waals surface area (Å²) in [5.41, 5.74) is 0.936. The van der Waals surface area contributed by atoms with Gasteiger partial charge in [0, 0.05) is 11.1 Å². The molecule has 0 radical (unpaired) electrons. The second kappa shape index (κ2) is 10.8. The van der Waals surface area contributed by atoms with Gasteiger partial charge in [-0.05, 0) is 70.1 Å². The van der Waals surface area contributed by atoms with E-state index in [9.17, 15) is 28.8 Å². The van der Waals surface area contributed by atoms with Crippen molar-refractivity contribution in [1.29, 1.82) is 0 Å². The minimum atomic E-state index is -0.856. The smallest absolute Gasteiger partial charge is 0.346 e. The summed E-state index contributed by atoms with van der Waals surface area (Å²) in [6.45, 7) is 0. The van der Waals surface area contributed by atoms with Crippen LogP contribution in [0.5, 0.6) is 11.5 Å². The first-order valence-corrected chi connectivity index (χ1v) is 14.6. The van der Waals surface area contributed by atoms with Gasteiger partial charge in [0.2, 0.25) is 0 Å². The maximum absolute atomic E-state index is 13.6. The quantitative estimate of drug-likeness (QED) is 0.114. The van der Waals surface area contributed by atoms with Gasteiger partial charge in [0.05, 0.1) is 33.4 Å². The fourth-order valence-electron chi connectivity index (χ4n) is 5.93. The first-order valence-electron chi connectivity index (χ1n) is 14.6. The normalized spacial score (nSPS) is 13.2. The molecule has 6 aromatic rings. The van der Waals surface area contributed by atoms with E-state index in [1.807, 2.05) is 48.5 Å². The molecule has 2 heterocycles. The van der Waals surface area contributed by atoms with Crippen LogP contribution in [0.3, 0.4) is 0 Å². The van der Waals surface area contributed by atoms with Gasteiger partial charge in [-0.25, -0.2) is 28.8 Å². The van der Waals surface area contributed by atoms with E-state index in [1.165, 1.54) is 36.4 Å². The van der Waals surface area contributed by atoms with E-state index in [0.717, 1.165) is 10.8 Å². The van der Waals surface area contributed by atoms with Crippen LogP contribution in [0.15, 0.2) is 109 Å². The lowest BCUT2D eigenvalue weighted by atomic mass is 9.92. The molecule has 0 spiro atoms. The van der Waals surface area contributed by atoms with Crippen molar-refractivity contribution >= 4 is 57.4 Å². The standard InChI is InChI=1S/C38H18O10/c39-33(21-9-13-25-27(17-21)37(43)47-35(25)41)45-29-15-11-19-5-1-3-7-23(19)31(29)32-24-8-4-2-6-20(24)12-16-30(32)46-34(40)22-10-14-26-28(18-22)38(44)48-36(26)42/h1-18H. The molecule has 2 aliphatic heterocycles. The third-order valence-electron chi connectivity index (χ3n) is 8.20. The molecule has 0 atom stereocenters. The zero-order valence-corrected chi connectivity index (χ0v) is 24.5. The van der Waals surface area contributed by atoms with Gasteiger partial charge in [-0.1, -0.05) is 60.7 Å². The van der Waals surface area contributed by atoms with Crippen molar-refractivity contribution in [2.45, 2.75) is 0 Å². The number of hydrogen-bond acceptors (Lipinski definition) is 10. The molecule has 0 amide bonds. The molecule has 10 heteroatoms. The summed E-state index contributed by atoms with van der Waals surface area (Å²) in [5, 5.41) is 2.97. The molecule has 2 aliphatic rings. The molecule has 48 heavy (non-hydrogen) atoms. The van der Waals surface area contributed by atoms with E-state index in [2.05, 4.69) is 9.47 Å². The van der Waals surface area contributed by atoms with Gasteiger partial charge < -0.3 is 18.9 Å². The predicted molar refractivity (Wildman–Crippen MR) is 169 cm³/mol. The Hall–Kier alpha value is -6.94. The highest BCUT2D eigenvalue weighted by atomic mass is 16.6. The van der Waals surface area contributed by atoms with Crippen molar-refractivity contribution in [2.24, 2.45) is 0 Å². The van der Waals surface area contributed by atoms with E-state index < -0.39 is 35.8 Å². The Morgan fingerprint density at radius 2 is 0.833 bits per heavy atom. The number of ether oxygens (including phenoxy) is 4. The SMILES string of the molecule is O=C(Oc1ccc2ccccc2c1-c1c(OC(=O)c2ccc3c(c2)C(=O)OC3=O)ccc2ccccc12)c1ccc2c(c1)C(=O)OC2=O. The number of hydrogen-bond donors (Lipinski definition) is 0. The van der Waals surface area contributed by atoms with Crippen molar-refractivity contribution in [3.63, 3.8) is 0 Å². The van der Waals surface area contributed by atoms with Gasteiger partial charge in [-0.3, -0.25) is 0 Å². The van der Waals surface area contributed by atoms with Crippen molar-refractivity contribution < 1.29 is 47.7 Å². The van der Waals surface area contributed by atoms with Crippen LogP contribution in [0.2, 0.25) is 0 Å². The van der Waals surface area contributed by atoms with Crippen molar-refractivity contribution in [3.05, 3.63) is 143 Å². The van der Waals surface area contributed by atoms with E-state index in [1.54, 1.807) is 24.3 Å². The van der Waals surface area contributed by atoms with E-state index in [-0.39, 0.29) is 44.9 Å². The zero-order chi connectivity index (χ0) is 33.1. The molecule has 8 rings (SSSR count).